The van der Waals surface area contributed by atoms with Gasteiger partial charge in [-0.1, -0.05) is 48.0 Å². The molecule has 3 aromatic rings. The van der Waals surface area contributed by atoms with Crippen LogP contribution < -0.4 is 10.6 Å². The number of halogens is 1. The summed E-state index contributed by atoms with van der Waals surface area (Å²) in [5.41, 5.74) is 2.58. The Bertz CT molecular complexity index is 1010. The molecule has 3 rings (SSSR count). The number of amides is 1. The first-order chi connectivity index (χ1) is 13.4. The summed E-state index contributed by atoms with van der Waals surface area (Å²) < 4.78 is 0. The first kappa shape index (κ1) is 19.9. The van der Waals surface area contributed by atoms with Crippen LogP contribution in [0.4, 0.5) is 10.8 Å². The normalized spacial score (nSPS) is 11.6. The van der Waals surface area contributed by atoms with Crippen molar-refractivity contribution in [3.8, 4) is 0 Å². The van der Waals surface area contributed by atoms with Gasteiger partial charge >= 0.3 is 5.97 Å². The molecular weight excluding hydrogens is 398 g/mol. The van der Waals surface area contributed by atoms with Crippen LogP contribution in [-0.2, 0) is 4.79 Å². The molecule has 0 fully saturated rings. The summed E-state index contributed by atoms with van der Waals surface area (Å²) in [5.74, 6) is -1.43. The summed E-state index contributed by atoms with van der Waals surface area (Å²) in [6.07, 6.45) is -0.217. The number of aliphatic carboxylic acids is 1. The zero-order chi connectivity index (χ0) is 20.1. The van der Waals surface area contributed by atoms with Crippen LogP contribution in [-0.4, -0.2) is 22.0 Å². The predicted molar refractivity (Wildman–Crippen MR) is 110 cm³/mol. The van der Waals surface area contributed by atoms with Crippen LogP contribution >= 0.6 is 22.9 Å². The van der Waals surface area contributed by atoms with Crippen molar-refractivity contribution in [2.75, 3.05) is 5.32 Å². The molecule has 8 heteroatoms. The number of rotatable bonds is 7. The van der Waals surface area contributed by atoms with Gasteiger partial charge in [0.05, 0.1) is 23.2 Å². The quantitative estimate of drug-likeness (QED) is 0.515. The van der Waals surface area contributed by atoms with E-state index in [2.05, 4.69) is 15.6 Å². The Morgan fingerprint density at radius 3 is 2.61 bits per heavy atom. The van der Waals surface area contributed by atoms with E-state index in [1.165, 1.54) is 11.3 Å². The van der Waals surface area contributed by atoms with Crippen molar-refractivity contribution in [1.82, 2.24) is 10.3 Å². The minimum Gasteiger partial charge on any atom is -0.481 e. The van der Waals surface area contributed by atoms with Gasteiger partial charge in [-0.25, -0.2) is 4.98 Å². The highest BCUT2D eigenvalue weighted by Crippen LogP contribution is 2.27. The van der Waals surface area contributed by atoms with E-state index in [4.69, 9.17) is 11.6 Å². The topological polar surface area (TPSA) is 91.3 Å². The number of benzene rings is 2. The first-order valence-electron chi connectivity index (χ1n) is 8.49. The van der Waals surface area contributed by atoms with Crippen LogP contribution in [0.15, 0.2) is 53.9 Å². The van der Waals surface area contributed by atoms with Gasteiger partial charge in [0.2, 0.25) is 0 Å². The highest BCUT2D eigenvalue weighted by atomic mass is 35.5. The third-order valence-electron chi connectivity index (χ3n) is 4.10. The highest BCUT2D eigenvalue weighted by molar-refractivity contribution is 7.14. The summed E-state index contributed by atoms with van der Waals surface area (Å²) in [4.78, 5) is 28.2. The fourth-order valence-corrected chi connectivity index (χ4v) is 3.62. The molecule has 0 bridgehead atoms. The number of anilines is 2. The molecule has 0 saturated heterocycles. The van der Waals surface area contributed by atoms with E-state index in [0.717, 1.165) is 11.1 Å². The number of hydrogen-bond acceptors (Lipinski definition) is 5. The Hall–Kier alpha value is -2.90. The standard InChI is InChI=1S/C20H18ClN3O3S/c1-12-6-2-3-7-13(12)16(10-18(25)26)22-19(27)17-11-28-20(24-17)23-15-9-5-4-8-14(15)21/h2-9,11,16H,10H2,1H3,(H,22,27)(H,23,24)(H,25,26)/t16-/m0/s1. The molecule has 0 unspecified atom stereocenters. The summed E-state index contributed by atoms with van der Waals surface area (Å²) in [6, 6.07) is 14.0. The molecule has 0 radical (unpaired) electrons. The van der Waals surface area contributed by atoms with Gasteiger partial charge in [0.1, 0.15) is 5.69 Å². The minimum absolute atomic E-state index is 0.212. The zero-order valence-electron chi connectivity index (χ0n) is 15.0. The number of aryl methyl sites for hydroxylation is 1. The molecule has 0 saturated carbocycles. The predicted octanol–water partition coefficient (Wildman–Crippen LogP) is 4.79. The molecule has 1 heterocycles. The molecule has 3 N–H and O–H groups in total. The number of para-hydroxylation sites is 1. The van der Waals surface area contributed by atoms with Crippen molar-refractivity contribution in [2.24, 2.45) is 0 Å². The van der Waals surface area contributed by atoms with Crippen molar-refractivity contribution in [2.45, 2.75) is 19.4 Å². The minimum atomic E-state index is -0.993. The van der Waals surface area contributed by atoms with Crippen molar-refractivity contribution in [1.29, 1.82) is 0 Å². The Kier molecular flexibility index (Phi) is 6.28. The summed E-state index contributed by atoms with van der Waals surface area (Å²) in [5, 5.41) is 17.8. The number of carbonyl (C=O) groups is 2. The summed E-state index contributed by atoms with van der Waals surface area (Å²) in [7, 11) is 0. The van der Waals surface area contributed by atoms with Gasteiger partial charge in [0.15, 0.2) is 5.13 Å². The molecule has 28 heavy (non-hydrogen) atoms. The Balaban J connectivity index is 1.75. The highest BCUT2D eigenvalue weighted by Gasteiger charge is 2.21. The van der Waals surface area contributed by atoms with Crippen molar-refractivity contribution in [3.63, 3.8) is 0 Å². The fourth-order valence-electron chi connectivity index (χ4n) is 2.74. The van der Waals surface area contributed by atoms with E-state index >= 15 is 0 Å². The number of carboxylic acids is 1. The van der Waals surface area contributed by atoms with E-state index in [0.29, 0.717) is 15.8 Å². The number of nitrogens with one attached hydrogen (secondary N) is 2. The molecule has 1 amide bonds. The molecule has 1 atom stereocenters. The van der Waals surface area contributed by atoms with E-state index in [9.17, 15) is 14.7 Å². The lowest BCUT2D eigenvalue weighted by Crippen LogP contribution is -2.30. The van der Waals surface area contributed by atoms with Crippen LogP contribution in [0.5, 0.6) is 0 Å². The molecule has 0 aliphatic rings. The van der Waals surface area contributed by atoms with Gasteiger partial charge in [-0.2, -0.15) is 0 Å². The SMILES string of the molecule is Cc1ccccc1[C@H](CC(=O)O)NC(=O)c1csc(Nc2ccccc2Cl)n1. The molecule has 0 spiro atoms. The van der Waals surface area contributed by atoms with Gasteiger partial charge < -0.3 is 15.7 Å². The molecule has 0 aliphatic carbocycles. The smallest absolute Gasteiger partial charge is 0.305 e. The van der Waals surface area contributed by atoms with Gasteiger partial charge in [-0.05, 0) is 30.2 Å². The summed E-state index contributed by atoms with van der Waals surface area (Å²) >= 11 is 7.39. The average Bonchev–Trinajstić information content (AvgIpc) is 3.12. The summed E-state index contributed by atoms with van der Waals surface area (Å²) in [6.45, 7) is 1.88. The monoisotopic (exact) mass is 415 g/mol. The zero-order valence-corrected chi connectivity index (χ0v) is 16.6. The fraction of sp³-hybridized carbons (Fsp3) is 0.150. The van der Waals surface area contributed by atoms with Gasteiger partial charge in [0, 0.05) is 5.38 Å². The van der Waals surface area contributed by atoms with Crippen molar-refractivity contribution < 1.29 is 14.7 Å². The maximum Gasteiger partial charge on any atom is 0.305 e. The molecule has 6 nitrogen and oxygen atoms in total. The van der Waals surface area contributed by atoms with Crippen LogP contribution in [0.1, 0.15) is 34.1 Å². The number of carbonyl (C=O) groups excluding carboxylic acids is 1. The van der Waals surface area contributed by atoms with E-state index in [1.807, 2.05) is 49.4 Å². The number of carboxylic acid groups (broad SMARTS) is 1. The second-order valence-electron chi connectivity index (χ2n) is 6.12. The van der Waals surface area contributed by atoms with Crippen molar-refractivity contribution in [3.05, 3.63) is 75.8 Å². The third kappa shape index (κ3) is 4.88. The van der Waals surface area contributed by atoms with Crippen molar-refractivity contribution >= 4 is 45.6 Å². The van der Waals surface area contributed by atoms with E-state index in [-0.39, 0.29) is 12.1 Å². The maximum absolute atomic E-state index is 12.6. The second-order valence-corrected chi connectivity index (χ2v) is 7.39. The van der Waals surface area contributed by atoms with Crippen LogP contribution in [0.3, 0.4) is 0 Å². The van der Waals surface area contributed by atoms with Gasteiger partial charge in [0.25, 0.3) is 5.91 Å². The third-order valence-corrected chi connectivity index (χ3v) is 5.19. The van der Waals surface area contributed by atoms with E-state index < -0.39 is 17.9 Å². The first-order valence-corrected chi connectivity index (χ1v) is 9.75. The maximum atomic E-state index is 12.6. The Morgan fingerprint density at radius 1 is 1.18 bits per heavy atom. The molecule has 2 aromatic carbocycles. The largest absolute Gasteiger partial charge is 0.481 e. The second kappa shape index (κ2) is 8.86. The number of nitrogens with zero attached hydrogens (tertiary/aromatic N) is 1. The number of hydrogen-bond donors (Lipinski definition) is 3. The Labute approximate surface area is 171 Å². The van der Waals surface area contributed by atoms with Crippen LogP contribution in [0.2, 0.25) is 5.02 Å². The number of aromatic nitrogens is 1. The lowest BCUT2D eigenvalue weighted by atomic mass is 9.98. The molecule has 0 aliphatic heterocycles. The van der Waals surface area contributed by atoms with Gasteiger partial charge in [-0.15, -0.1) is 11.3 Å². The lowest BCUT2D eigenvalue weighted by molar-refractivity contribution is -0.137. The van der Waals surface area contributed by atoms with E-state index in [1.54, 1.807) is 11.4 Å². The lowest BCUT2D eigenvalue weighted by Gasteiger charge is -2.18. The molecule has 1 aromatic heterocycles. The Morgan fingerprint density at radius 2 is 1.89 bits per heavy atom. The number of thiazole rings is 1. The molecular formula is C20H18ClN3O3S. The average molecular weight is 416 g/mol. The molecule has 144 valence electrons. The van der Waals surface area contributed by atoms with Crippen LogP contribution in [0.25, 0.3) is 0 Å². The van der Waals surface area contributed by atoms with Crippen LogP contribution in [0, 0.1) is 6.92 Å². The van der Waals surface area contributed by atoms with Gasteiger partial charge in [-0.3, -0.25) is 9.59 Å².